The molecule has 1 fully saturated rings. The number of benzene rings is 1. The summed E-state index contributed by atoms with van der Waals surface area (Å²) in [5, 5.41) is 2.89. The minimum atomic E-state index is -0.363. The van der Waals surface area contributed by atoms with E-state index < -0.39 is 0 Å². The lowest BCUT2D eigenvalue weighted by Gasteiger charge is -2.13. The summed E-state index contributed by atoms with van der Waals surface area (Å²) in [5.41, 5.74) is 7.61. The van der Waals surface area contributed by atoms with E-state index in [0.717, 1.165) is 18.5 Å². The molecule has 1 aliphatic rings. The fraction of sp³-hybridized carbons (Fsp3) is 0.533. The summed E-state index contributed by atoms with van der Waals surface area (Å²) in [6.45, 7) is 4.77. The molecule has 3 N–H and O–H groups in total. The summed E-state index contributed by atoms with van der Waals surface area (Å²) in [5.74, 6) is 0.418. The fourth-order valence-electron chi connectivity index (χ4n) is 2.25. The SMILES string of the molecule is CC(C)c1ccc(NC(=O)[C@@H]2CC[C@H](CN)O2)cc1. The number of carbonyl (C=O) groups excluding carboxylic acids is 1. The van der Waals surface area contributed by atoms with Crippen LogP contribution in [0.2, 0.25) is 0 Å². The van der Waals surface area contributed by atoms with Crippen molar-refractivity contribution in [1.29, 1.82) is 0 Å². The highest BCUT2D eigenvalue weighted by atomic mass is 16.5. The average molecular weight is 262 g/mol. The Hall–Kier alpha value is -1.39. The lowest BCUT2D eigenvalue weighted by Crippen LogP contribution is -2.29. The molecule has 2 atom stereocenters. The van der Waals surface area contributed by atoms with E-state index in [1.807, 2.05) is 24.3 Å². The molecule has 0 spiro atoms. The third-order valence-electron chi connectivity index (χ3n) is 3.51. The number of nitrogens with two attached hydrogens (primary N) is 1. The first-order chi connectivity index (χ1) is 9.10. The van der Waals surface area contributed by atoms with Gasteiger partial charge in [-0.1, -0.05) is 26.0 Å². The Morgan fingerprint density at radius 1 is 1.37 bits per heavy atom. The van der Waals surface area contributed by atoms with Crippen molar-refractivity contribution in [2.75, 3.05) is 11.9 Å². The van der Waals surface area contributed by atoms with Crippen molar-refractivity contribution in [3.8, 4) is 0 Å². The number of hydrogen-bond donors (Lipinski definition) is 2. The third kappa shape index (κ3) is 3.55. The molecule has 0 saturated carbocycles. The molecular formula is C15H22N2O2. The fourth-order valence-corrected chi connectivity index (χ4v) is 2.25. The lowest BCUT2D eigenvalue weighted by atomic mass is 10.0. The van der Waals surface area contributed by atoms with Crippen LogP contribution in [0.25, 0.3) is 0 Å². The maximum Gasteiger partial charge on any atom is 0.253 e. The number of carbonyl (C=O) groups is 1. The quantitative estimate of drug-likeness (QED) is 0.874. The number of ether oxygens (including phenoxy) is 1. The van der Waals surface area contributed by atoms with Crippen molar-refractivity contribution in [3.05, 3.63) is 29.8 Å². The van der Waals surface area contributed by atoms with Gasteiger partial charge in [0.05, 0.1) is 6.10 Å². The van der Waals surface area contributed by atoms with E-state index in [0.29, 0.717) is 12.5 Å². The van der Waals surface area contributed by atoms with Gasteiger partial charge in [0.25, 0.3) is 5.91 Å². The standard InChI is InChI=1S/C15H22N2O2/c1-10(2)11-3-5-12(6-4-11)17-15(18)14-8-7-13(9-16)19-14/h3-6,10,13-14H,7-9,16H2,1-2H3,(H,17,18)/t13-,14+/m1/s1. The first kappa shape index (κ1) is 14.0. The van der Waals surface area contributed by atoms with Crippen LogP contribution in [0.3, 0.4) is 0 Å². The molecule has 4 heteroatoms. The van der Waals surface area contributed by atoms with Gasteiger partial charge < -0.3 is 15.8 Å². The highest BCUT2D eigenvalue weighted by Gasteiger charge is 2.29. The Morgan fingerprint density at radius 2 is 2.05 bits per heavy atom. The highest BCUT2D eigenvalue weighted by molar-refractivity contribution is 5.94. The molecule has 19 heavy (non-hydrogen) atoms. The molecule has 2 rings (SSSR count). The van der Waals surface area contributed by atoms with Crippen molar-refractivity contribution in [1.82, 2.24) is 0 Å². The van der Waals surface area contributed by atoms with Gasteiger partial charge in [0, 0.05) is 12.2 Å². The van der Waals surface area contributed by atoms with Crippen LogP contribution in [0.15, 0.2) is 24.3 Å². The van der Waals surface area contributed by atoms with E-state index in [9.17, 15) is 4.79 Å². The molecular weight excluding hydrogens is 240 g/mol. The zero-order valence-corrected chi connectivity index (χ0v) is 11.6. The van der Waals surface area contributed by atoms with Gasteiger partial charge in [-0.05, 0) is 36.5 Å². The van der Waals surface area contributed by atoms with Gasteiger partial charge in [0.2, 0.25) is 0 Å². The maximum absolute atomic E-state index is 12.0. The van der Waals surface area contributed by atoms with Gasteiger partial charge in [-0.2, -0.15) is 0 Å². The predicted octanol–water partition coefficient (Wildman–Crippen LogP) is 2.25. The molecule has 0 aliphatic carbocycles. The Labute approximate surface area is 114 Å². The van der Waals surface area contributed by atoms with Gasteiger partial charge in [0.1, 0.15) is 6.10 Å². The van der Waals surface area contributed by atoms with Gasteiger partial charge >= 0.3 is 0 Å². The topological polar surface area (TPSA) is 64.4 Å². The van der Waals surface area contributed by atoms with E-state index in [-0.39, 0.29) is 18.1 Å². The summed E-state index contributed by atoms with van der Waals surface area (Å²) < 4.78 is 5.57. The van der Waals surface area contributed by atoms with E-state index in [1.54, 1.807) is 0 Å². The van der Waals surface area contributed by atoms with E-state index >= 15 is 0 Å². The van der Waals surface area contributed by atoms with Gasteiger partial charge in [-0.3, -0.25) is 4.79 Å². The van der Waals surface area contributed by atoms with E-state index in [4.69, 9.17) is 10.5 Å². The van der Waals surface area contributed by atoms with Crippen LogP contribution < -0.4 is 11.1 Å². The minimum absolute atomic E-state index is 0.0269. The van der Waals surface area contributed by atoms with Crippen LogP contribution in [0.1, 0.15) is 38.2 Å². The first-order valence-corrected chi connectivity index (χ1v) is 6.86. The molecule has 0 aromatic heterocycles. The van der Waals surface area contributed by atoms with Crippen molar-refractivity contribution in [2.45, 2.75) is 44.8 Å². The summed E-state index contributed by atoms with van der Waals surface area (Å²) in [4.78, 5) is 12.0. The highest BCUT2D eigenvalue weighted by Crippen LogP contribution is 2.21. The molecule has 1 saturated heterocycles. The molecule has 0 bridgehead atoms. The molecule has 0 unspecified atom stereocenters. The molecule has 1 aromatic rings. The number of anilines is 1. The second kappa shape index (κ2) is 6.17. The molecule has 1 aliphatic heterocycles. The summed E-state index contributed by atoms with van der Waals surface area (Å²) in [6, 6.07) is 7.95. The van der Waals surface area contributed by atoms with E-state index in [2.05, 4.69) is 19.2 Å². The molecule has 1 amide bonds. The van der Waals surface area contributed by atoms with Gasteiger partial charge in [0.15, 0.2) is 0 Å². The Balaban J connectivity index is 1.92. The Kier molecular flexibility index (Phi) is 4.56. The van der Waals surface area contributed by atoms with Crippen LogP contribution >= 0.6 is 0 Å². The van der Waals surface area contributed by atoms with E-state index in [1.165, 1.54) is 5.56 Å². The van der Waals surface area contributed by atoms with Crippen molar-refractivity contribution in [3.63, 3.8) is 0 Å². The third-order valence-corrected chi connectivity index (χ3v) is 3.51. The molecule has 1 heterocycles. The van der Waals surface area contributed by atoms with Crippen LogP contribution in [-0.4, -0.2) is 24.7 Å². The zero-order valence-electron chi connectivity index (χ0n) is 11.6. The normalized spacial score (nSPS) is 22.7. The van der Waals surface area contributed by atoms with Crippen LogP contribution in [0.4, 0.5) is 5.69 Å². The summed E-state index contributed by atoms with van der Waals surface area (Å²) in [6.07, 6.45) is 1.27. The Bertz CT molecular complexity index is 428. The van der Waals surface area contributed by atoms with Crippen LogP contribution in [0.5, 0.6) is 0 Å². The monoisotopic (exact) mass is 262 g/mol. The maximum atomic E-state index is 12.0. The first-order valence-electron chi connectivity index (χ1n) is 6.86. The Morgan fingerprint density at radius 3 is 2.58 bits per heavy atom. The number of nitrogens with one attached hydrogen (secondary N) is 1. The minimum Gasteiger partial charge on any atom is -0.364 e. The summed E-state index contributed by atoms with van der Waals surface area (Å²) >= 11 is 0. The van der Waals surface area contributed by atoms with Crippen LogP contribution in [0, 0.1) is 0 Å². The van der Waals surface area contributed by atoms with Gasteiger partial charge in [-0.15, -0.1) is 0 Å². The largest absolute Gasteiger partial charge is 0.364 e. The van der Waals surface area contributed by atoms with Crippen molar-refractivity contribution < 1.29 is 9.53 Å². The second-order valence-electron chi connectivity index (χ2n) is 5.33. The molecule has 4 nitrogen and oxygen atoms in total. The molecule has 104 valence electrons. The van der Waals surface area contributed by atoms with Gasteiger partial charge in [-0.25, -0.2) is 0 Å². The number of hydrogen-bond acceptors (Lipinski definition) is 3. The smallest absolute Gasteiger partial charge is 0.253 e. The lowest BCUT2D eigenvalue weighted by molar-refractivity contribution is -0.126. The molecule has 0 radical (unpaired) electrons. The zero-order chi connectivity index (χ0) is 13.8. The van der Waals surface area contributed by atoms with Crippen LogP contribution in [-0.2, 0) is 9.53 Å². The predicted molar refractivity (Wildman–Crippen MR) is 76.1 cm³/mol. The number of rotatable bonds is 4. The van der Waals surface area contributed by atoms with Crippen molar-refractivity contribution >= 4 is 11.6 Å². The molecule has 1 aromatic carbocycles. The number of amides is 1. The second-order valence-corrected chi connectivity index (χ2v) is 5.33. The summed E-state index contributed by atoms with van der Waals surface area (Å²) in [7, 11) is 0. The van der Waals surface area contributed by atoms with Crippen molar-refractivity contribution in [2.24, 2.45) is 5.73 Å². The average Bonchev–Trinajstić information content (AvgIpc) is 2.88.